The van der Waals surface area contributed by atoms with Gasteiger partial charge in [-0.2, -0.15) is 18.2 Å². The maximum Gasteiger partial charge on any atom is 0.416 e. The molecule has 3 rings (SSSR count). The lowest BCUT2D eigenvalue weighted by molar-refractivity contribution is -0.137. The molecule has 1 fully saturated rings. The highest BCUT2D eigenvalue weighted by atomic mass is 19.4. The predicted molar refractivity (Wildman–Crippen MR) is 73.5 cm³/mol. The molecule has 23 heavy (non-hydrogen) atoms. The van der Waals surface area contributed by atoms with E-state index in [4.69, 9.17) is 4.52 Å². The van der Waals surface area contributed by atoms with Crippen LogP contribution in [-0.4, -0.2) is 34.0 Å². The smallest absolute Gasteiger partial charge is 0.341 e. The third kappa shape index (κ3) is 3.35. The van der Waals surface area contributed by atoms with Crippen molar-refractivity contribution in [3.05, 3.63) is 47.1 Å². The molecule has 8 heteroatoms. The van der Waals surface area contributed by atoms with Crippen molar-refractivity contribution in [2.75, 3.05) is 13.1 Å². The first-order valence-electron chi connectivity index (χ1n) is 7.07. The number of alkyl halides is 3. The van der Waals surface area contributed by atoms with Crippen LogP contribution >= 0.6 is 0 Å². The van der Waals surface area contributed by atoms with Crippen molar-refractivity contribution in [2.24, 2.45) is 0 Å². The summed E-state index contributed by atoms with van der Waals surface area (Å²) in [4.78, 5) is 17.0. The van der Waals surface area contributed by atoms with E-state index in [0.29, 0.717) is 30.4 Å². The van der Waals surface area contributed by atoms with Crippen molar-refractivity contribution >= 4 is 5.91 Å². The molecule has 2 aromatic rings. The van der Waals surface area contributed by atoms with Crippen LogP contribution in [0.5, 0.6) is 0 Å². The molecule has 0 radical (unpaired) electrons. The van der Waals surface area contributed by atoms with E-state index in [1.807, 2.05) is 0 Å². The van der Waals surface area contributed by atoms with Crippen LogP contribution in [0.25, 0.3) is 0 Å². The molecule has 0 atom stereocenters. The highest BCUT2D eigenvalue weighted by molar-refractivity contribution is 5.74. The number of halogens is 3. The molecule has 5 nitrogen and oxygen atoms in total. The molecular formula is C15H14F3N3O2. The summed E-state index contributed by atoms with van der Waals surface area (Å²) in [7, 11) is 0. The molecule has 1 aliphatic heterocycles. The number of carbonyl (C=O) groups is 1. The number of carbonyl (C=O) groups excluding carboxylic acids is 1. The van der Waals surface area contributed by atoms with Crippen LogP contribution in [0.2, 0.25) is 0 Å². The second kappa shape index (κ2) is 5.68. The summed E-state index contributed by atoms with van der Waals surface area (Å²) in [6.07, 6.45) is -4.21. The fraction of sp³-hybridized carbons (Fsp3) is 0.400. The Balaban J connectivity index is 1.67. The Bertz CT molecular complexity index is 721. The van der Waals surface area contributed by atoms with E-state index in [1.54, 1.807) is 11.0 Å². The van der Waals surface area contributed by atoms with Crippen LogP contribution in [0.15, 0.2) is 28.8 Å². The first-order chi connectivity index (χ1) is 10.8. The van der Waals surface area contributed by atoms with Gasteiger partial charge in [-0.15, -0.1) is 0 Å². The van der Waals surface area contributed by atoms with Crippen LogP contribution in [0.3, 0.4) is 0 Å². The van der Waals surface area contributed by atoms with Crippen molar-refractivity contribution in [1.29, 1.82) is 0 Å². The number of rotatable bonds is 3. The van der Waals surface area contributed by atoms with Gasteiger partial charge in [0, 0.05) is 26.4 Å². The van der Waals surface area contributed by atoms with Gasteiger partial charge in [0.05, 0.1) is 11.5 Å². The lowest BCUT2D eigenvalue weighted by Crippen LogP contribution is -2.47. The Kier molecular flexibility index (Phi) is 3.83. The zero-order valence-electron chi connectivity index (χ0n) is 12.3. The van der Waals surface area contributed by atoms with Crippen molar-refractivity contribution in [3.63, 3.8) is 0 Å². The van der Waals surface area contributed by atoms with E-state index < -0.39 is 11.7 Å². The van der Waals surface area contributed by atoms with Crippen molar-refractivity contribution in [1.82, 2.24) is 15.0 Å². The molecule has 1 aliphatic rings. The Morgan fingerprint density at radius 1 is 1.39 bits per heavy atom. The van der Waals surface area contributed by atoms with Gasteiger partial charge in [-0.05, 0) is 11.6 Å². The molecule has 1 amide bonds. The number of amides is 1. The molecule has 0 bridgehead atoms. The van der Waals surface area contributed by atoms with Crippen molar-refractivity contribution < 1.29 is 22.5 Å². The second-order valence-corrected chi connectivity index (χ2v) is 5.54. The first-order valence-corrected chi connectivity index (χ1v) is 7.07. The Morgan fingerprint density at radius 3 is 2.78 bits per heavy atom. The highest BCUT2D eigenvalue weighted by Gasteiger charge is 2.34. The summed E-state index contributed by atoms with van der Waals surface area (Å²) in [5.74, 6) is 0.747. The van der Waals surface area contributed by atoms with Gasteiger partial charge >= 0.3 is 6.18 Å². The van der Waals surface area contributed by atoms with E-state index in [9.17, 15) is 18.0 Å². The zero-order valence-corrected chi connectivity index (χ0v) is 12.3. The molecular weight excluding hydrogens is 311 g/mol. The van der Waals surface area contributed by atoms with Gasteiger partial charge in [0.2, 0.25) is 11.8 Å². The average molecular weight is 325 g/mol. The summed E-state index contributed by atoms with van der Waals surface area (Å²) < 4.78 is 43.2. The van der Waals surface area contributed by atoms with E-state index >= 15 is 0 Å². The van der Waals surface area contributed by atoms with Crippen LogP contribution in [0.1, 0.15) is 35.7 Å². The third-order valence-corrected chi connectivity index (χ3v) is 3.78. The molecule has 2 heterocycles. The normalized spacial score (nSPS) is 15.6. The minimum atomic E-state index is -4.37. The van der Waals surface area contributed by atoms with Crippen LogP contribution in [0.4, 0.5) is 13.2 Å². The second-order valence-electron chi connectivity index (χ2n) is 5.54. The van der Waals surface area contributed by atoms with Gasteiger partial charge in [0.1, 0.15) is 0 Å². The number of benzene rings is 1. The van der Waals surface area contributed by atoms with Gasteiger partial charge in [-0.1, -0.05) is 23.4 Å². The summed E-state index contributed by atoms with van der Waals surface area (Å²) in [5, 5.41) is 3.81. The lowest BCUT2D eigenvalue weighted by Gasteiger charge is -2.36. The van der Waals surface area contributed by atoms with Crippen LogP contribution < -0.4 is 0 Å². The van der Waals surface area contributed by atoms with Gasteiger partial charge < -0.3 is 9.42 Å². The minimum Gasteiger partial charge on any atom is -0.341 e. The monoisotopic (exact) mass is 325 g/mol. The van der Waals surface area contributed by atoms with Crippen molar-refractivity contribution in [2.45, 2.75) is 25.4 Å². The minimum absolute atomic E-state index is 0.00154. The largest absolute Gasteiger partial charge is 0.416 e. The number of nitrogens with zero attached hydrogens (tertiary/aromatic N) is 3. The quantitative estimate of drug-likeness (QED) is 0.870. The molecule has 1 saturated heterocycles. The van der Waals surface area contributed by atoms with Crippen LogP contribution in [-0.2, 0) is 17.4 Å². The van der Waals surface area contributed by atoms with E-state index in [2.05, 4.69) is 10.1 Å². The van der Waals surface area contributed by atoms with Gasteiger partial charge in [-0.25, -0.2) is 0 Å². The predicted octanol–water partition coefficient (Wildman–Crippen LogP) is 2.62. The van der Waals surface area contributed by atoms with E-state index in [-0.39, 0.29) is 18.2 Å². The van der Waals surface area contributed by atoms with Gasteiger partial charge in [-0.3, -0.25) is 4.79 Å². The van der Waals surface area contributed by atoms with Crippen LogP contribution in [0, 0.1) is 0 Å². The number of hydrogen-bond acceptors (Lipinski definition) is 4. The molecule has 1 aromatic heterocycles. The van der Waals surface area contributed by atoms with Gasteiger partial charge in [0.25, 0.3) is 0 Å². The van der Waals surface area contributed by atoms with E-state index in [1.165, 1.54) is 13.0 Å². The van der Waals surface area contributed by atoms with Crippen molar-refractivity contribution in [3.8, 4) is 0 Å². The molecule has 122 valence electrons. The summed E-state index contributed by atoms with van der Waals surface area (Å²) in [5.41, 5.74) is -0.235. The Labute approximate surface area is 130 Å². The summed E-state index contributed by atoms with van der Waals surface area (Å²) >= 11 is 0. The number of aromatic nitrogens is 2. The lowest BCUT2D eigenvalue weighted by atomic mass is 10.0. The third-order valence-electron chi connectivity index (χ3n) is 3.78. The maximum absolute atomic E-state index is 12.7. The van der Waals surface area contributed by atoms with E-state index in [0.717, 1.165) is 12.1 Å². The molecule has 0 spiro atoms. The standard InChI is InChI=1S/C15H14F3N3O2/c1-9(22)21-7-11(8-21)14-19-13(20-23-14)6-10-3-2-4-12(5-10)15(16,17)18/h2-5,11H,6-8H2,1H3. The van der Waals surface area contributed by atoms with Gasteiger partial charge in [0.15, 0.2) is 5.82 Å². The Morgan fingerprint density at radius 2 is 2.13 bits per heavy atom. The first kappa shape index (κ1) is 15.5. The zero-order chi connectivity index (χ0) is 16.6. The number of hydrogen-bond donors (Lipinski definition) is 0. The fourth-order valence-electron chi connectivity index (χ4n) is 2.44. The topological polar surface area (TPSA) is 59.2 Å². The molecule has 0 aliphatic carbocycles. The highest BCUT2D eigenvalue weighted by Crippen LogP contribution is 2.30. The maximum atomic E-state index is 12.7. The molecule has 0 saturated carbocycles. The number of likely N-dealkylation sites (tertiary alicyclic amines) is 1. The average Bonchev–Trinajstić information content (AvgIpc) is 2.84. The molecule has 0 unspecified atom stereocenters. The summed E-state index contributed by atoms with van der Waals surface area (Å²) in [6, 6.07) is 5.05. The molecule has 1 aromatic carbocycles. The fourth-order valence-corrected chi connectivity index (χ4v) is 2.44. The Hall–Kier alpha value is -2.38. The molecule has 0 N–H and O–H groups in total. The SMILES string of the molecule is CC(=O)N1CC(c2nc(Cc3cccc(C(F)(F)F)c3)no2)C1. The summed E-state index contributed by atoms with van der Waals surface area (Å²) in [6.45, 7) is 2.55.